The first-order chi connectivity index (χ1) is 11.6. The molecule has 0 aromatic rings. The quantitative estimate of drug-likeness (QED) is 0.301. The maximum atomic E-state index is 11.4. The number of carboxylic acid groups (broad SMARTS) is 1. The topological polar surface area (TPSA) is 89.6 Å². The lowest BCUT2D eigenvalue weighted by atomic mass is 10.0. The molecule has 1 atom stereocenters. The van der Waals surface area contributed by atoms with Crippen molar-refractivity contribution in [2.75, 3.05) is 6.61 Å². The van der Waals surface area contributed by atoms with Gasteiger partial charge in [0.25, 0.3) is 0 Å². The first kappa shape index (κ1) is 22.9. The van der Waals surface area contributed by atoms with Crippen LogP contribution in [0.3, 0.4) is 0 Å². The summed E-state index contributed by atoms with van der Waals surface area (Å²) in [6, 6.07) is -1.12. The van der Waals surface area contributed by atoms with E-state index in [2.05, 4.69) is 6.92 Å². The van der Waals surface area contributed by atoms with Gasteiger partial charge in [0.05, 0.1) is 0 Å². The number of nitrogens with two attached hydrogens (primary N) is 1. The highest BCUT2D eigenvalue weighted by atomic mass is 16.5. The fraction of sp³-hybridized carbons (Fsp3) is 0.895. The van der Waals surface area contributed by atoms with Crippen LogP contribution in [0.25, 0.3) is 0 Å². The molecule has 0 fully saturated rings. The number of carbonyl (C=O) groups is 2. The Balaban J connectivity index is 3.22. The van der Waals surface area contributed by atoms with Gasteiger partial charge >= 0.3 is 11.9 Å². The van der Waals surface area contributed by atoms with Crippen molar-refractivity contribution >= 4 is 11.9 Å². The van der Waals surface area contributed by atoms with Crippen molar-refractivity contribution in [3.8, 4) is 0 Å². The van der Waals surface area contributed by atoms with Crippen LogP contribution in [0.15, 0.2) is 0 Å². The molecule has 5 nitrogen and oxygen atoms in total. The monoisotopic (exact) mass is 343 g/mol. The smallest absolute Gasteiger partial charge is 0.324 e. The predicted octanol–water partition coefficient (Wildman–Crippen LogP) is 4.42. The van der Waals surface area contributed by atoms with Gasteiger partial charge in [-0.3, -0.25) is 9.59 Å². The summed E-state index contributed by atoms with van der Waals surface area (Å²) in [4.78, 5) is 21.9. The Morgan fingerprint density at radius 1 is 0.833 bits per heavy atom. The van der Waals surface area contributed by atoms with Gasteiger partial charge in [0.2, 0.25) is 0 Å². The van der Waals surface area contributed by atoms with Crippen LogP contribution in [0.5, 0.6) is 0 Å². The maximum Gasteiger partial charge on any atom is 0.324 e. The van der Waals surface area contributed by atoms with Crippen LogP contribution in [0, 0.1) is 0 Å². The lowest BCUT2D eigenvalue weighted by molar-refractivity contribution is -0.147. The van der Waals surface area contributed by atoms with E-state index in [9.17, 15) is 9.59 Å². The molecule has 0 saturated carbocycles. The van der Waals surface area contributed by atoms with Crippen molar-refractivity contribution in [2.24, 2.45) is 5.73 Å². The molecule has 0 amide bonds. The van der Waals surface area contributed by atoms with Gasteiger partial charge in [-0.25, -0.2) is 0 Å². The summed E-state index contributed by atoms with van der Waals surface area (Å²) >= 11 is 0. The Bertz CT molecular complexity index is 320. The molecule has 0 aromatic heterocycles. The third kappa shape index (κ3) is 15.8. The van der Waals surface area contributed by atoms with Crippen LogP contribution < -0.4 is 5.73 Å². The molecular formula is C19H37NO4. The van der Waals surface area contributed by atoms with E-state index in [1.165, 1.54) is 64.2 Å². The number of hydrogen-bond donors (Lipinski definition) is 2. The van der Waals surface area contributed by atoms with Crippen molar-refractivity contribution in [1.82, 2.24) is 0 Å². The average Bonchev–Trinajstić information content (AvgIpc) is 2.56. The minimum atomic E-state index is -1.15. The zero-order valence-electron chi connectivity index (χ0n) is 15.4. The van der Waals surface area contributed by atoms with Gasteiger partial charge in [0.1, 0.15) is 12.6 Å². The van der Waals surface area contributed by atoms with E-state index in [-0.39, 0.29) is 12.6 Å². The number of aliphatic carboxylic acids is 1. The molecule has 0 rings (SSSR count). The number of hydrogen-bond acceptors (Lipinski definition) is 4. The molecule has 0 saturated heterocycles. The summed E-state index contributed by atoms with van der Waals surface area (Å²) in [5.41, 5.74) is 5.26. The maximum absolute atomic E-state index is 11.4. The standard InChI is InChI=1S/C19H37NO4/c1-2-3-4-5-6-7-8-9-10-11-12-13-14-15-18(21)24-16-17(20)19(22)23/h17H,2-16,20H2,1H3,(H,22,23). The summed E-state index contributed by atoms with van der Waals surface area (Å²) in [5.74, 6) is -1.50. The van der Waals surface area contributed by atoms with Crippen molar-refractivity contribution in [2.45, 2.75) is 103 Å². The molecule has 5 heteroatoms. The predicted molar refractivity (Wildman–Crippen MR) is 96.9 cm³/mol. The normalized spacial score (nSPS) is 12.1. The molecule has 0 aromatic carbocycles. The zero-order valence-corrected chi connectivity index (χ0v) is 15.4. The molecule has 142 valence electrons. The highest BCUT2D eigenvalue weighted by molar-refractivity contribution is 5.74. The number of carboxylic acids is 1. The second-order valence-corrected chi connectivity index (χ2v) is 6.62. The largest absolute Gasteiger partial charge is 0.480 e. The van der Waals surface area contributed by atoms with Crippen LogP contribution in [0.2, 0.25) is 0 Å². The molecule has 0 aliphatic heterocycles. The minimum absolute atomic E-state index is 0.243. The Kier molecular flexibility index (Phi) is 16.0. The summed E-state index contributed by atoms with van der Waals surface area (Å²) < 4.78 is 4.83. The number of esters is 1. The van der Waals surface area contributed by atoms with Gasteiger partial charge in [-0.1, -0.05) is 84.0 Å². The number of unbranched alkanes of at least 4 members (excludes halogenated alkanes) is 12. The number of rotatable bonds is 17. The first-order valence-electron chi connectivity index (χ1n) is 9.72. The highest BCUT2D eigenvalue weighted by Gasteiger charge is 2.13. The summed E-state index contributed by atoms with van der Waals surface area (Å²) in [6.45, 7) is 2.00. The van der Waals surface area contributed by atoms with E-state index in [0.717, 1.165) is 19.3 Å². The number of ether oxygens (including phenoxy) is 1. The fourth-order valence-corrected chi connectivity index (χ4v) is 2.61. The van der Waals surface area contributed by atoms with Crippen LogP contribution >= 0.6 is 0 Å². The van der Waals surface area contributed by atoms with Crippen LogP contribution in [0.4, 0.5) is 0 Å². The lowest BCUT2D eigenvalue weighted by Gasteiger charge is -2.07. The molecule has 0 radical (unpaired) electrons. The van der Waals surface area contributed by atoms with Crippen molar-refractivity contribution in [3.05, 3.63) is 0 Å². The van der Waals surface area contributed by atoms with E-state index in [4.69, 9.17) is 15.6 Å². The molecule has 3 N–H and O–H groups in total. The van der Waals surface area contributed by atoms with Gasteiger partial charge in [-0.2, -0.15) is 0 Å². The van der Waals surface area contributed by atoms with Crippen LogP contribution in [-0.4, -0.2) is 29.7 Å². The summed E-state index contributed by atoms with van der Waals surface area (Å²) in [7, 11) is 0. The van der Waals surface area contributed by atoms with E-state index in [1.807, 2.05) is 0 Å². The Hall–Kier alpha value is -1.10. The minimum Gasteiger partial charge on any atom is -0.480 e. The third-order valence-electron chi connectivity index (χ3n) is 4.23. The van der Waals surface area contributed by atoms with Crippen molar-refractivity contribution in [1.29, 1.82) is 0 Å². The fourth-order valence-electron chi connectivity index (χ4n) is 2.61. The van der Waals surface area contributed by atoms with E-state index >= 15 is 0 Å². The molecule has 24 heavy (non-hydrogen) atoms. The van der Waals surface area contributed by atoms with Crippen molar-refractivity contribution in [3.63, 3.8) is 0 Å². The van der Waals surface area contributed by atoms with E-state index < -0.39 is 12.0 Å². The van der Waals surface area contributed by atoms with Gasteiger partial charge in [-0.05, 0) is 6.42 Å². The summed E-state index contributed by atoms with van der Waals surface area (Å²) in [6.07, 6.45) is 16.7. The molecule has 0 heterocycles. The molecule has 0 aliphatic rings. The SMILES string of the molecule is CCCCCCCCCCCCCCCC(=O)OCC(N)C(=O)O. The van der Waals surface area contributed by atoms with E-state index in [0.29, 0.717) is 6.42 Å². The first-order valence-corrected chi connectivity index (χ1v) is 9.72. The average molecular weight is 344 g/mol. The lowest BCUT2D eigenvalue weighted by Crippen LogP contribution is -2.35. The summed E-state index contributed by atoms with van der Waals surface area (Å²) in [5, 5.41) is 8.58. The second-order valence-electron chi connectivity index (χ2n) is 6.62. The van der Waals surface area contributed by atoms with Gasteiger partial charge < -0.3 is 15.6 Å². The van der Waals surface area contributed by atoms with E-state index in [1.54, 1.807) is 0 Å². The third-order valence-corrected chi connectivity index (χ3v) is 4.23. The molecule has 0 spiro atoms. The zero-order chi connectivity index (χ0) is 18.0. The molecule has 0 bridgehead atoms. The van der Waals surface area contributed by atoms with Crippen LogP contribution in [-0.2, 0) is 14.3 Å². The molecular weight excluding hydrogens is 306 g/mol. The van der Waals surface area contributed by atoms with Crippen LogP contribution in [0.1, 0.15) is 96.8 Å². The molecule has 1 unspecified atom stereocenters. The molecule has 0 aliphatic carbocycles. The highest BCUT2D eigenvalue weighted by Crippen LogP contribution is 2.13. The Morgan fingerprint density at radius 3 is 1.67 bits per heavy atom. The second kappa shape index (κ2) is 16.7. The van der Waals surface area contributed by atoms with Gasteiger partial charge in [-0.15, -0.1) is 0 Å². The van der Waals surface area contributed by atoms with Gasteiger partial charge in [0, 0.05) is 6.42 Å². The number of carbonyl (C=O) groups excluding carboxylic acids is 1. The van der Waals surface area contributed by atoms with Crippen molar-refractivity contribution < 1.29 is 19.4 Å². The Morgan fingerprint density at radius 2 is 1.25 bits per heavy atom. The Labute approximate surface area is 147 Å². The van der Waals surface area contributed by atoms with Gasteiger partial charge in [0.15, 0.2) is 0 Å².